The summed E-state index contributed by atoms with van der Waals surface area (Å²) in [5.41, 5.74) is -0.214. The Kier molecular flexibility index (Phi) is 4.72. The smallest absolute Gasteiger partial charge is 0.175 e. The van der Waals surface area contributed by atoms with Crippen LogP contribution >= 0.6 is 23.2 Å². The minimum atomic E-state index is -0.289. The zero-order valence-corrected chi connectivity index (χ0v) is 8.39. The number of alkyl halides is 1. The van der Waals surface area contributed by atoms with E-state index in [0.717, 1.165) is 0 Å². The first kappa shape index (κ1) is 11.3. The van der Waals surface area contributed by atoms with Gasteiger partial charge in [-0.1, -0.05) is 23.2 Å². The van der Waals surface area contributed by atoms with Crippen LogP contribution in [0.4, 0.5) is 0 Å². The van der Waals surface area contributed by atoms with Crippen LogP contribution in [0.15, 0.2) is 15.8 Å². The maximum Gasteiger partial charge on any atom is 0.175 e. The molecule has 3 nitrogen and oxygen atoms in total. The van der Waals surface area contributed by atoms with Gasteiger partial charge in [-0.05, 0) is 13.6 Å². The average molecular weight is 206 g/mol. The predicted octanol–water partition coefficient (Wildman–Crippen LogP) is 2.14. The fourth-order valence-electron chi connectivity index (χ4n) is 0.470. The lowest BCUT2D eigenvalue weighted by molar-refractivity contribution is 0.427. The second-order valence-electron chi connectivity index (χ2n) is 2.09. The van der Waals surface area contributed by atoms with Gasteiger partial charge in [0.2, 0.25) is 0 Å². The molecular formula is C7H9Cl2N3. The van der Waals surface area contributed by atoms with E-state index in [9.17, 15) is 0 Å². The molecule has 0 amide bonds. The highest BCUT2D eigenvalue weighted by molar-refractivity contribution is 6.30. The Morgan fingerprint density at radius 2 is 2.25 bits per heavy atom. The largest absolute Gasteiger partial charge is 0.347 e. The summed E-state index contributed by atoms with van der Waals surface area (Å²) in [5, 5.41) is 8.73. The fourth-order valence-corrected chi connectivity index (χ4v) is 0.866. The van der Waals surface area contributed by atoms with Gasteiger partial charge in [-0.3, -0.25) is 4.99 Å². The number of halogens is 2. The first-order valence-corrected chi connectivity index (χ1v) is 3.99. The number of aliphatic imine (C=N–C) groups is 1. The van der Waals surface area contributed by atoms with Gasteiger partial charge in [0.25, 0.3) is 0 Å². The molecule has 0 aromatic heterocycles. The monoisotopic (exact) mass is 205 g/mol. The van der Waals surface area contributed by atoms with Crippen molar-refractivity contribution in [3.8, 4) is 6.07 Å². The van der Waals surface area contributed by atoms with Crippen LogP contribution in [0, 0.1) is 11.3 Å². The molecule has 5 heteroatoms. The van der Waals surface area contributed by atoms with E-state index in [4.69, 9.17) is 28.5 Å². The van der Waals surface area contributed by atoms with Crippen molar-refractivity contribution in [2.45, 2.75) is 12.4 Å². The summed E-state index contributed by atoms with van der Waals surface area (Å²) in [4.78, 5) is 4.97. The summed E-state index contributed by atoms with van der Waals surface area (Å²) in [5.74, 6) is 0. The molecule has 0 spiro atoms. The van der Waals surface area contributed by atoms with E-state index in [1.807, 2.05) is 0 Å². The van der Waals surface area contributed by atoms with Crippen LogP contribution in [0.1, 0.15) is 6.92 Å². The second kappa shape index (κ2) is 5.02. The number of hydrogen-bond donors (Lipinski definition) is 0. The summed E-state index contributed by atoms with van der Waals surface area (Å²) in [6, 6.07) is 1.81. The van der Waals surface area contributed by atoms with Crippen LogP contribution in [-0.4, -0.2) is 24.2 Å². The molecule has 1 atom stereocenters. The molecule has 0 aliphatic heterocycles. The Hall–Kier alpha value is -0.720. The van der Waals surface area contributed by atoms with Crippen molar-refractivity contribution in [2.24, 2.45) is 4.99 Å². The van der Waals surface area contributed by atoms with E-state index in [-0.39, 0.29) is 16.4 Å². The van der Waals surface area contributed by atoms with Crippen LogP contribution in [0.3, 0.4) is 0 Å². The van der Waals surface area contributed by atoms with Gasteiger partial charge in [-0.25, -0.2) is 0 Å². The third kappa shape index (κ3) is 2.72. The van der Waals surface area contributed by atoms with Gasteiger partial charge in [0.1, 0.15) is 16.7 Å². The first-order valence-electron chi connectivity index (χ1n) is 3.18. The molecule has 1 unspecified atom stereocenters. The van der Waals surface area contributed by atoms with Crippen LogP contribution in [0.25, 0.3) is 0 Å². The van der Waals surface area contributed by atoms with Gasteiger partial charge in [0.15, 0.2) is 5.70 Å². The number of nitriles is 1. The molecule has 12 heavy (non-hydrogen) atoms. The summed E-state index contributed by atoms with van der Waals surface area (Å²) in [6.07, 6.45) is 0. The lowest BCUT2D eigenvalue weighted by Crippen LogP contribution is -2.22. The van der Waals surface area contributed by atoms with E-state index in [0.29, 0.717) is 0 Å². The maximum absolute atomic E-state index is 8.53. The van der Waals surface area contributed by atoms with E-state index >= 15 is 0 Å². The lowest BCUT2D eigenvalue weighted by atomic mass is 10.5. The third-order valence-electron chi connectivity index (χ3n) is 1.30. The highest BCUT2D eigenvalue weighted by Gasteiger charge is 2.11. The van der Waals surface area contributed by atoms with Gasteiger partial charge in [0.05, 0.1) is 0 Å². The number of allylic oxidation sites excluding steroid dienone is 1. The molecule has 0 aliphatic carbocycles. The molecule has 0 aliphatic rings. The normalized spacial score (nSPS) is 14.2. The van der Waals surface area contributed by atoms with E-state index < -0.39 is 0 Å². The third-order valence-corrected chi connectivity index (χ3v) is 2.04. The molecule has 0 aromatic carbocycles. The van der Waals surface area contributed by atoms with Crippen LogP contribution in [0.5, 0.6) is 0 Å². The average Bonchev–Trinajstić information content (AvgIpc) is 2.05. The Morgan fingerprint density at radius 3 is 2.50 bits per heavy atom. The van der Waals surface area contributed by atoms with Crippen molar-refractivity contribution in [1.82, 2.24) is 4.90 Å². The Labute approximate surface area is 81.9 Å². The van der Waals surface area contributed by atoms with Crippen LogP contribution in [-0.2, 0) is 0 Å². The molecule has 66 valence electrons. The zero-order chi connectivity index (χ0) is 9.72. The summed E-state index contributed by atoms with van der Waals surface area (Å²) in [6.45, 7) is 4.95. The van der Waals surface area contributed by atoms with E-state index in [1.165, 1.54) is 4.90 Å². The fraction of sp³-hybridized carbons (Fsp3) is 0.429. The summed E-state index contributed by atoms with van der Waals surface area (Å²) >= 11 is 11.5. The minimum absolute atomic E-state index is 0.0756. The summed E-state index contributed by atoms with van der Waals surface area (Å²) in [7, 11) is 1.67. The minimum Gasteiger partial charge on any atom is -0.347 e. The van der Waals surface area contributed by atoms with Crippen molar-refractivity contribution in [3.05, 3.63) is 10.9 Å². The van der Waals surface area contributed by atoms with Crippen molar-refractivity contribution >= 4 is 29.9 Å². The zero-order valence-electron chi connectivity index (χ0n) is 6.88. The molecule has 0 aromatic rings. The molecular weight excluding hydrogens is 197 g/mol. The number of hydrogen-bond acceptors (Lipinski definition) is 3. The molecule has 0 fully saturated rings. The second-order valence-corrected chi connectivity index (χ2v) is 3.08. The standard InChI is InChI=1S/C7H9Cl2N3/c1-5(8)12(3)7(9)6(4-10)11-2/h5H,2H2,1,3H3/b7-6-. The van der Waals surface area contributed by atoms with Gasteiger partial charge in [0, 0.05) is 7.05 Å². The van der Waals surface area contributed by atoms with Gasteiger partial charge < -0.3 is 4.90 Å². The molecule has 0 bridgehead atoms. The highest BCUT2D eigenvalue weighted by Crippen LogP contribution is 2.17. The predicted molar refractivity (Wildman–Crippen MR) is 51.1 cm³/mol. The van der Waals surface area contributed by atoms with Gasteiger partial charge in [-0.15, -0.1) is 0 Å². The Bertz CT molecular complexity index is 240. The van der Waals surface area contributed by atoms with Crippen molar-refractivity contribution < 1.29 is 0 Å². The lowest BCUT2D eigenvalue weighted by Gasteiger charge is -2.20. The van der Waals surface area contributed by atoms with Crippen LogP contribution < -0.4 is 0 Å². The maximum atomic E-state index is 8.53. The van der Waals surface area contributed by atoms with E-state index in [1.54, 1.807) is 20.0 Å². The Balaban J connectivity index is 4.77. The quantitative estimate of drug-likeness (QED) is 0.307. The molecule has 0 rings (SSSR count). The molecule has 0 N–H and O–H groups in total. The van der Waals surface area contributed by atoms with Crippen LogP contribution in [0.2, 0.25) is 0 Å². The highest BCUT2D eigenvalue weighted by atomic mass is 35.5. The molecule has 0 saturated heterocycles. The first-order chi connectivity index (χ1) is 5.54. The van der Waals surface area contributed by atoms with Gasteiger partial charge >= 0.3 is 0 Å². The van der Waals surface area contributed by atoms with Crippen molar-refractivity contribution in [3.63, 3.8) is 0 Å². The number of nitrogens with zero attached hydrogens (tertiary/aromatic N) is 3. The number of rotatable bonds is 3. The molecule has 0 heterocycles. The topological polar surface area (TPSA) is 39.4 Å². The van der Waals surface area contributed by atoms with Crippen molar-refractivity contribution in [1.29, 1.82) is 5.26 Å². The van der Waals surface area contributed by atoms with Gasteiger partial charge in [-0.2, -0.15) is 5.26 Å². The SMILES string of the molecule is C=N/C(C#N)=C(/Cl)N(C)C(C)Cl. The van der Waals surface area contributed by atoms with Crippen molar-refractivity contribution in [2.75, 3.05) is 7.05 Å². The molecule has 0 radical (unpaired) electrons. The molecule has 0 saturated carbocycles. The Morgan fingerprint density at radius 1 is 1.75 bits per heavy atom. The van der Waals surface area contributed by atoms with E-state index in [2.05, 4.69) is 11.7 Å². The summed E-state index contributed by atoms with van der Waals surface area (Å²) < 4.78 is 0.